The lowest BCUT2D eigenvalue weighted by atomic mass is 9.90. The van der Waals surface area contributed by atoms with Gasteiger partial charge in [-0.25, -0.2) is 4.79 Å². The number of nitrogens with one attached hydrogen (secondary N) is 2. The van der Waals surface area contributed by atoms with E-state index in [0.29, 0.717) is 24.5 Å². The number of aliphatic hydroxyl groups is 2. The zero-order valence-electron chi connectivity index (χ0n) is 29.2. The maximum atomic E-state index is 12.7. The molecule has 0 aliphatic carbocycles. The number of amides is 2. The Morgan fingerprint density at radius 2 is 1.54 bits per heavy atom. The number of urea groups is 1. The molecule has 0 bridgehead atoms. The van der Waals surface area contributed by atoms with Crippen molar-refractivity contribution in [2.45, 2.75) is 51.1 Å². The standard InChI is InChI=1S/C43H45N3O6/c1-29-40(27-46-23-22-37(48)26-46)51-42(52-41(29)33-12-10-30(28-47)11-13-33)34-16-14-32(15-17-34)35-7-5-6-31(24-35)25-44-43(49)45-36-18-20-39(21-19-36)50-38-8-3-2-4-9-38/h2-21,24,29,37,40-42,47-48H,22-23,25-28H2,1H3,(H2,44,45,49)/t29-,37-,40+,41+,42+/m0/s1. The van der Waals surface area contributed by atoms with Crippen LogP contribution >= 0.6 is 0 Å². The first-order chi connectivity index (χ1) is 25.4. The van der Waals surface area contributed by atoms with Crippen LogP contribution in [-0.2, 0) is 22.6 Å². The molecule has 2 aliphatic rings. The molecule has 5 atom stereocenters. The van der Waals surface area contributed by atoms with E-state index in [2.05, 4.69) is 46.7 Å². The number of rotatable bonds is 11. The molecule has 5 aromatic carbocycles. The molecule has 0 saturated carbocycles. The summed E-state index contributed by atoms with van der Waals surface area (Å²) in [6.07, 6.45) is -0.374. The van der Waals surface area contributed by atoms with Gasteiger partial charge in [0.15, 0.2) is 6.29 Å². The molecular formula is C43H45N3O6. The summed E-state index contributed by atoms with van der Waals surface area (Å²) in [6.45, 7) is 4.74. The number of carbonyl (C=O) groups excluding carboxylic acids is 1. The van der Waals surface area contributed by atoms with E-state index in [4.69, 9.17) is 14.2 Å². The third-order valence-corrected chi connectivity index (χ3v) is 9.80. The summed E-state index contributed by atoms with van der Waals surface area (Å²) >= 11 is 0. The number of para-hydroxylation sites is 1. The molecule has 9 nitrogen and oxygen atoms in total. The zero-order valence-corrected chi connectivity index (χ0v) is 29.2. The van der Waals surface area contributed by atoms with Crippen LogP contribution in [0.1, 0.15) is 48.0 Å². The second kappa shape index (κ2) is 16.5. The molecule has 5 aromatic rings. The minimum absolute atomic E-state index is 0.00425. The second-order valence-corrected chi connectivity index (χ2v) is 13.6. The minimum atomic E-state index is -0.563. The lowest BCUT2D eigenvalue weighted by molar-refractivity contribution is -0.276. The van der Waals surface area contributed by atoms with Gasteiger partial charge in [-0.15, -0.1) is 0 Å². The van der Waals surface area contributed by atoms with E-state index >= 15 is 0 Å². The molecule has 0 aromatic heterocycles. The van der Waals surface area contributed by atoms with Crippen molar-refractivity contribution >= 4 is 11.7 Å². The number of β-amino-alcohol motifs (C(OH)–C–C–N with tert-alkyl or cyclic N) is 1. The fourth-order valence-corrected chi connectivity index (χ4v) is 6.84. The fourth-order valence-electron chi connectivity index (χ4n) is 6.84. The molecular weight excluding hydrogens is 654 g/mol. The molecule has 2 fully saturated rings. The number of likely N-dealkylation sites (tertiary alicyclic amines) is 1. The van der Waals surface area contributed by atoms with E-state index in [0.717, 1.165) is 58.6 Å². The van der Waals surface area contributed by atoms with Crippen LogP contribution in [0.2, 0.25) is 0 Å². The molecule has 2 aliphatic heterocycles. The monoisotopic (exact) mass is 699 g/mol. The Labute approximate surface area is 304 Å². The molecule has 0 spiro atoms. The van der Waals surface area contributed by atoms with Crippen LogP contribution in [0.25, 0.3) is 11.1 Å². The van der Waals surface area contributed by atoms with Gasteiger partial charge in [-0.05, 0) is 76.7 Å². The second-order valence-electron chi connectivity index (χ2n) is 13.6. The average Bonchev–Trinajstić information content (AvgIpc) is 3.60. The lowest BCUT2D eigenvalue weighted by Gasteiger charge is -2.42. The summed E-state index contributed by atoms with van der Waals surface area (Å²) < 4.78 is 19.1. The van der Waals surface area contributed by atoms with Gasteiger partial charge in [0.1, 0.15) is 11.5 Å². The SMILES string of the molecule is C[C@H]1[C@@H](CN2CC[C@H](O)C2)O[C@@H](c2ccc(-c3cccc(CNC(=O)Nc4ccc(Oc5ccccc5)cc4)c3)cc2)O[C@H]1c1ccc(CO)cc1. The van der Waals surface area contributed by atoms with Crippen LogP contribution in [0, 0.1) is 5.92 Å². The summed E-state index contributed by atoms with van der Waals surface area (Å²) in [5.74, 6) is 1.51. The van der Waals surface area contributed by atoms with Crippen molar-refractivity contribution in [3.8, 4) is 22.6 Å². The maximum Gasteiger partial charge on any atom is 0.319 e. The van der Waals surface area contributed by atoms with Crippen molar-refractivity contribution in [3.63, 3.8) is 0 Å². The lowest BCUT2D eigenvalue weighted by Crippen LogP contribution is -2.44. The highest BCUT2D eigenvalue weighted by Crippen LogP contribution is 2.42. The number of hydrogen-bond donors (Lipinski definition) is 4. The number of nitrogens with zero attached hydrogens (tertiary/aromatic N) is 1. The number of hydrogen-bond acceptors (Lipinski definition) is 7. The van der Waals surface area contributed by atoms with E-state index in [-0.39, 0.29) is 36.9 Å². The Balaban J connectivity index is 0.980. The number of anilines is 1. The quantitative estimate of drug-likeness (QED) is 0.111. The predicted octanol–water partition coefficient (Wildman–Crippen LogP) is 7.82. The van der Waals surface area contributed by atoms with E-state index < -0.39 is 6.29 Å². The summed E-state index contributed by atoms with van der Waals surface area (Å²) in [5, 5.41) is 25.5. The molecule has 9 heteroatoms. The topological polar surface area (TPSA) is 113 Å². The van der Waals surface area contributed by atoms with E-state index in [9.17, 15) is 15.0 Å². The highest BCUT2D eigenvalue weighted by atomic mass is 16.7. The number of aliphatic hydroxyl groups excluding tert-OH is 2. The van der Waals surface area contributed by atoms with Crippen molar-refractivity contribution in [1.82, 2.24) is 10.2 Å². The van der Waals surface area contributed by atoms with Gasteiger partial charge in [0.25, 0.3) is 0 Å². The first-order valence-electron chi connectivity index (χ1n) is 17.9. The highest BCUT2D eigenvalue weighted by Gasteiger charge is 2.39. The molecule has 2 heterocycles. The largest absolute Gasteiger partial charge is 0.457 e. The first kappa shape index (κ1) is 35.4. The van der Waals surface area contributed by atoms with Gasteiger partial charge >= 0.3 is 6.03 Å². The molecule has 2 saturated heterocycles. The Morgan fingerprint density at radius 3 is 2.25 bits per heavy atom. The number of carbonyl (C=O) groups is 1. The van der Waals surface area contributed by atoms with Crippen LogP contribution in [0.4, 0.5) is 10.5 Å². The van der Waals surface area contributed by atoms with Crippen LogP contribution in [-0.4, -0.2) is 53.0 Å². The van der Waals surface area contributed by atoms with Crippen molar-refractivity contribution in [2.75, 3.05) is 25.0 Å². The normalized spacial score (nSPS) is 21.8. The Hall–Kier alpha value is -5.03. The highest BCUT2D eigenvalue weighted by molar-refractivity contribution is 5.89. The van der Waals surface area contributed by atoms with Crippen molar-refractivity contribution in [1.29, 1.82) is 0 Å². The van der Waals surface area contributed by atoms with Crippen molar-refractivity contribution in [2.24, 2.45) is 5.92 Å². The molecule has 4 N–H and O–H groups in total. The van der Waals surface area contributed by atoms with E-state index in [1.54, 1.807) is 12.1 Å². The fraction of sp³-hybridized carbons (Fsp3) is 0.279. The van der Waals surface area contributed by atoms with E-state index in [1.165, 1.54) is 0 Å². The number of ether oxygens (including phenoxy) is 3. The zero-order chi connectivity index (χ0) is 35.9. The Morgan fingerprint density at radius 1 is 0.808 bits per heavy atom. The third-order valence-electron chi connectivity index (χ3n) is 9.80. The first-order valence-corrected chi connectivity index (χ1v) is 17.9. The Kier molecular flexibility index (Phi) is 11.3. The van der Waals surface area contributed by atoms with Crippen molar-refractivity contribution in [3.05, 3.63) is 150 Å². The van der Waals surface area contributed by atoms with Gasteiger partial charge in [-0.3, -0.25) is 4.90 Å². The van der Waals surface area contributed by atoms with E-state index in [1.807, 2.05) is 91.0 Å². The van der Waals surface area contributed by atoms with Gasteiger partial charge in [0, 0.05) is 43.3 Å². The van der Waals surface area contributed by atoms with Gasteiger partial charge < -0.3 is 35.1 Å². The average molecular weight is 700 g/mol. The summed E-state index contributed by atoms with van der Waals surface area (Å²) in [5.41, 5.74) is 6.54. The third kappa shape index (κ3) is 8.88. The van der Waals surface area contributed by atoms with Crippen LogP contribution in [0.5, 0.6) is 11.5 Å². The number of benzene rings is 5. The van der Waals surface area contributed by atoms with Gasteiger partial charge in [0.05, 0.1) is 24.9 Å². The smallest absolute Gasteiger partial charge is 0.319 e. The molecule has 7 rings (SSSR count). The van der Waals surface area contributed by atoms with Crippen molar-refractivity contribution < 1.29 is 29.2 Å². The van der Waals surface area contributed by atoms with Crippen LogP contribution < -0.4 is 15.4 Å². The maximum absolute atomic E-state index is 12.7. The summed E-state index contributed by atoms with van der Waals surface area (Å²) in [7, 11) is 0. The molecule has 2 amide bonds. The summed E-state index contributed by atoms with van der Waals surface area (Å²) in [4.78, 5) is 15.0. The van der Waals surface area contributed by atoms with Crippen LogP contribution in [0.15, 0.2) is 127 Å². The molecule has 0 unspecified atom stereocenters. The molecule has 268 valence electrons. The molecule has 0 radical (unpaired) electrons. The predicted molar refractivity (Wildman–Crippen MR) is 201 cm³/mol. The van der Waals surface area contributed by atoms with Gasteiger partial charge in [0.2, 0.25) is 0 Å². The minimum Gasteiger partial charge on any atom is -0.457 e. The molecule has 52 heavy (non-hydrogen) atoms. The van der Waals surface area contributed by atoms with Crippen LogP contribution in [0.3, 0.4) is 0 Å². The van der Waals surface area contributed by atoms with Gasteiger partial charge in [-0.1, -0.05) is 91.9 Å². The summed E-state index contributed by atoms with van der Waals surface area (Å²) in [6, 6.07) is 40.8. The Bertz CT molecular complexity index is 1900. The van der Waals surface area contributed by atoms with Gasteiger partial charge in [-0.2, -0.15) is 0 Å².